The zero-order valence-corrected chi connectivity index (χ0v) is 10.3. The molecule has 1 unspecified atom stereocenters. The molecule has 0 aromatic carbocycles. The second-order valence-corrected chi connectivity index (χ2v) is 4.01. The Morgan fingerprint density at radius 2 is 1.80 bits per heavy atom. The fourth-order valence-electron chi connectivity index (χ4n) is 1.44. The van der Waals surface area contributed by atoms with Crippen molar-refractivity contribution in [2.24, 2.45) is 0 Å². The van der Waals surface area contributed by atoms with Crippen LogP contribution in [-0.2, 0) is 4.74 Å². The van der Waals surface area contributed by atoms with E-state index in [0.717, 1.165) is 13.0 Å². The molecule has 0 radical (unpaired) electrons. The van der Waals surface area contributed by atoms with Crippen molar-refractivity contribution in [1.82, 2.24) is 5.32 Å². The Labute approximate surface area is 94.2 Å². The van der Waals surface area contributed by atoms with Gasteiger partial charge in [-0.1, -0.05) is 39.0 Å². The molecule has 3 heteroatoms. The highest BCUT2D eigenvalue weighted by atomic mass is 16.5. The molecule has 0 heterocycles. The first-order valence-corrected chi connectivity index (χ1v) is 6.21. The summed E-state index contributed by atoms with van der Waals surface area (Å²) in [4.78, 5) is 0. The summed E-state index contributed by atoms with van der Waals surface area (Å²) in [5.41, 5.74) is 0. The molecular weight excluding hydrogens is 190 g/mol. The molecule has 0 rings (SSSR count). The van der Waals surface area contributed by atoms with E-state index in [0.29, 0.717) is 6.61 Å². The van der Waals surface area contributed by atoms with Crippen LogP contribution in [0.3, 0.4) is 0 Å². The van der Waals surface area contributed by atoms with E-state index >= 15 is 0 Å². The predicted octanol–water partition coefficient (Wildman–Crippen LogP) is 1.94. The van der Waals surface area contributed by atoms with Gasteiger partial charge in [-0.3, -0.25) is 0 Å². The summed E-state index contributed by atoms with van der Waals surface area (Å²) in [5.74, 6) is 0. The van der Waals surface area contributed by atoms with Gasteiger partial charge in [0.25, 0.3) is 0 Å². The highest BCUT2D eigenvalue weighted by Gasteiger charge is 2.02. The van der Waals surface area contributed by atoms with Crippen molar-refractivity contribution in [2.75, 3.05) is 26.9 Å². The Kier molecular flexibility index (Phi) is 11.9. The average molecular weight is 217 g/mol. The van der Waals surface area contributed by atoms with Crippen LogP contribution in [0.4, 0.5) is 0 Å². The van der Waals surface area contributed by atoms with Gasteiger partial charge in [-0.25, -0.2) is 0 Å². The maximum Gasteiger partial charge on any atom is 0.0641 e. The van der Waals surface area contributed by atoms with Gasteiger partial charge >= 0.3 is 0 Å². The van der Waals surface area contributed by atoms with Gasteiger partial charge in [0.2, 0.25) is 0 Å². The third-order valence-electron chi connectivity index (χ3n) is 2.59. The zero-order chi connectivity index (χ0) is 11.4. The minimum Gasteiger partial charge on any atom is -0.395 e. The van der Waals surface area contributed by atoms with Crippen molar-refractivity contribution in [2.45, 2.75) is 51.5 Å². The summed E-state index contributed by atoms with van der Waals surface area (Å²) in [5, 5.41) is 11.9. The number of likely N-dealkylation sites (N-methyl/N-ethyl adjacent to an activating group) is 1. The van der Waals surface area contributed by atoms with E-state index in [1.54, 1.807) is 0 Å². The molecule has 0 aliphatic carbocycles. The topological polar surface area (TPSA) is 41.5 Å². The molecule has 0 saturated heterocycles. The second kappa shape index (κ2) is 12.0. The zero-order valence-electron chi connectivity index (χ0n) is 10.3. The first-order chi connectivity index (χ1) is 7.35. The minimum absolute atomic E-state index is 0.0880. The standard InChI is InChI=1S/C12H27NO2/c1-3-4-5-6-7-8-9-15-11-12(10-14)13-2/h12-14H,3-11H2,1-2H3. The summed E-state index contributed by atoms with van der Waals surface area (Å²) in [7, 11) is 1.84. The van der Waals surface area contributed by atoms with E-state index in [-0.39, 0.29) is 12.6 Å². The molecule has 2 N–H and O–H groups in total. The Balaban J connectivity index is 3.04. The molecule has 0 fully saturated rings. The maximum absolute atomic E-state index is 8.88. The highest BCUT2D eigenvalue weighted by Crippen LogP contribution is 2.04. The second-order valence-electron chi connectivity index (χ2n) is 4.01. The lowest BCUT2D eigenvalue weighted by atomic mass is 10.1. The van der Waals surface area contributed by atoms with Crippen molar-refractivity contribution in [3.8, 4) is 0 Å². The SMILES string of the molecule is CCCCCCCCOCC(CO)NC. The van der Waals surface area contributed by atoms with Crippen LogP contribution < -0.4 is 5.32 Å². The van der Waals surface area contributed by atoms with Gasteiger partial charge < -0.3 is 15.2 Å². The molecule has 3 nitrogen and oxygen atoms in total. The van der Waals surface area contributed by atoms with Crippen molar-refractivity contribution >= 4 is 0 Å². The van der Waals surface area contributed by atoms with E-state index < -0.39 is 0 Å². The summed E-state index contributed by atoms with van der Waals surface area (Å²) >= 11 is 0. The van der Waals surface area contributed by atoms with E-state index in [4.69, 9.17) is 9.84 Å². The summed E-state index contributed by atoms with van der Waals surface area (Å²) in [6, 6.07) is 0.0880. The number of rotatable bonds is 11. The van der Waals surface area contributed by atoms with E-state index in [1.165, 1.54) is 32.1 Å². The number of unbranched alkanes of at least 4 members (excludes halogenated alkanes) is 5. The molecule has 1 atom stereocenters. The predicted molar refractivity (Wildman–Crippen MR) is 64.1 cm³/mol. The van der Waals surface area contributed by atoms with E-state index in [9.17, 15) is 0 Å². The molecular formula is C12H27NO2. The van der Waals surface area contributed by atoms with E-state index in [1.807, 2.05) is 7.05 Å². The monoisotopic (exact) mass is 217 g/mol. The minimum atomic E-state index is 0.0880. The molecule has 0 aromatic heterocycles. The molecule has 0 aliphatic heterocycles. The highest BCUT2D eigenvalue weighted by molar-refractivity contribution is 4.60. The summed E-state index contributed by atoms with van der Waals surface area (Å²) in [6.07, 6.45) is 7.75. The van der Waals surface area contributed by atoms with Crippen LogP contribution >= 0.6 is 0 Å². The lowest BCUT2D eigenvalue weighted by Gasteiger charge is -2.12. The Hall–Kier alpha value is -0.120. The summed E-state index contributed by atoms with van der Waals surface area (Å²) in [6.45, 7) is 3.81. The number of nitrogens with one attached hydrogen (secondary N) is 1. The van der Waals surface area contributed by atoms with Gasteiger partial charge in [-0.15, -0.1) is 0 Å². The largest absolute Gasteiger partial charge is 0.395 e. The third-order valence-corrected chi connectivity index (χ3v) is 2.59. The average Bonchev–Trinajstić information content (AvgIpc) is 2.27. The Bertz CT molecular complexity index is 116. The van der Waals surface area contributed by atoms with Crippen LogP contribution in [0.1, 0.15) is 45.4 Å². The smallest absolute Gasteiger partial charge is 0.0641 e. The normalized spacial score (nSPS) is 13.0. The van der Waals surface area contributed by atoms with Crippen LogP contribution in [0.2, 0.25) is 0 Å². The molecule has 0 aliphatic rings. The Morgan fingerprint density at radius 1 is 1.13 bits per heavy atom. The Morgan fingerprint density at radius 3 is 2.40 bits per heavy atom. The number of ether oxygens (including phenoxy) is 1. The van der Waals surface area contributed by atoms with Crippen LogP contribution in [0.15, 0.2) is 0 Å². The van der Waals surface area contributed by atoms with Crippen molar-refractivity contribution in [3.05, 3.63) is 0 Å². The van der Waals surface area contributed by atoms with Crippen LogP contribution in [-0.4, -0.2) is 38.0 Å². The first kappa shape index (κ1) is 14.9. The van der Waals surface area contributed by atoms with Crippen LogP contribution in [0.5, 0.6) is 0 Å². The fraction of sp³-hybridized carbons (Fsp3) is 1.00. The molecule has 0 amide bonds. The van der Waals surface area contributed by atoms with Gasteiger partial charge in [0.1, 0.15) is 0 Å². The maximum atomic E-state index is 8.88. The molecule has 92 valence electrons. The van der Waals surface area contributed by atoms with Gasteiger partial charge in [-0.05, 0) is 13.5 Å². The quantitative estimate of drug-likeness (QED) is 0.520. The first-order valence-electron chi connectivity index (χ1n) is 6.21. The van der Waals surface area contributed by atoms with Gasteiger partial charge in [-0.2, -0.15) is 0 Å². The molecule has 0 spiro atoms. The lowest BCUT2D eigenvalue weighted by Crippen LogP contribution is -2.33. The van der Waals surface area contributed by atoms with Gasteiger partial charge in [0.05, 0.1) is 19.3 Å². The number of hydrogen-bond donors (Lipinski definition) is 2. The molecule has 15 heavy (non-hydrogen) atoms. The van der Waals surface area contributed by atoms with Crippen LogP contribution in [0, 0.1) is 0 Å². The van der Waals surface area contributed by atoms with Crippen molar-refractivity contribution in [3.63, 3.8) is 0 Å². The molecule has 0 saturated carbocycles. The molecule has 0 aromatic rings. The van der Waals surface area contributed by atoms with Gasteiger partial charge in [0.15, 0.2) is 0 Å². The van der Waals surface area contributed by atoms with Crippen molar-refractivity contribution in [1.29, 1.82) is 0 Å². The number of aliphatic hydroxyl groups is 1. The number of aliphatic hydroxyl groups excluding tert-OH is 1. The van der Waals surface area contributed by atoms with Crippen LogP contribution in [0.25, 0.3) is 0 Å². The number of hydrogen-bond acceptors (Lipinski definition) is 3. The summed E-state index contributed by atoms with van der Waals surface area (Å²) < 4.78 is 5.46. The molecule has 0 bridgehead atoms. The lowest BCUT2D eigenvalue weighted by molar-refractivity contribution is 0.0887. The third kappa shape index (κ3) is 10.2. The van der Waals surface area contributed by atoms with E-state index in [2.05, 4.69) is 12.2 Å². The van der Waals surface area contributed by atoms with Crippen molar-refractivity contribution < 1.29 is 9.84 Å². The fourth-order valence-corrected chi connectivity index (χ4v) is 1.44. The van der Waals surface area contributed by atoms with Gasteiger partial charge in [0, 0.05) is 6.61 Å².